The summed E-state index contributed by atoms with van der Waals surface area (Å²) < 4.78 is 6.09. The molecule has 126 valence electrons. The van der Waals surface area contributed by atoms with Crippen molar-refractivity contribution in [3.63, 3.8) is 0 Å². The topological polar surface area (TPSA) is 68.3 Å². The highest BCUT2D eigenvalue weighted by molar-refractivity contribution is 9.10. The quantitative estimate of drug-likeness (QED) is 0.563. The fourth-order valence-corrected chi connectivity index (χ4v) is 3.11. The van der Waals surface area contributed by atoms with E-state index in [-0.39, 0.29) is 12.3 Å². The van der Waals surface area contributed by atoms with Crippen molar-refractivity contribution in [3.8, 4) is 10.6 Å². The molecule has 0 aliphatic rings. The fourth-order valence-electron chi connectivity index (χ4n) is 1.90. The lowest BCUT2D eigenvalue weighted by Gasteiger charge is -2.12. The first-order valence-electron chi connectivity index (χ1n) is 7.28. The number of nitrogens with zero attached hydrogens (tertiary/aromatic N) is 1. The van der Waals surface area contributed by atoms with Gasteiger partial charge in [0.25, 0.3) is 5.91 Å². The molecule has 1 aromatic carbocycles. The minimum absolute atomic E-state index is 0.0313. The monoisotopic (exact) mass is 408 g/mol. The number of carbonyl (C=O) groups excluding carboxylic acids is 2. The van der Waals surface area contributed by atoms with Gasteiger partial charge in [0.2, 0.25) is 0 Å². The van der Waals surface area contributed by atoms with Crippen LogP contribution >= 0.6 is 27.3 Å². The van der Waals surface area contributed by atoms with Crippen LogP contribution in [0.15, 0.2) is 46.8 Å². The maximum atomic E-state index is 11.9. The third-order valence-corrected chi connectivity index (χ3v) is 4.48. The van der Waals surface area contributed by atoms with Gasteiger partial charge >= 0.3 is 5.97 Å². The van der Waals surface area contributed by atoms with Crippen LogP contribution in [-0.4, -0.2) is 29.5 Å². The summed E-state index contributed by atoms with van der Waals surface area (Å²) in [5.41, 5.74) is 1.60. The van der Waals surface area contributed by atoms with Crippen molar-refractivity contribution in [2.75, 3.05) is 6.54 Å². The summed E-state index contributed by atoms with van der Waals surface area (Å²) in [6.45, 7) is 5.38. The highest BCUT2D eigenvalue weighted by Crippen LogP contribution is 2.26. The van der Waals surface area contributed by atoms with E-state index >= 15 is 0 Å². The molecule has 7 heteroatoms. The van der Waals surface area contributed by atoms with Gasteiger partial charge in [-0.3, -0.25) is 9.59 Å². The number of nitrogens with one attached hydrogen (secondary N) is 1. The Balaban J connectivity index is 1.93. The molecule has 1 atom stereocenters. The zero-order valence-electron chi connectivity index (χ0n) is 13.1. The smallest absolute Gasteiger partial charge is 0.312 e. The van der Waals surface area contributed by atoms with Crippen LogP contribution in [0.25, 0.3) is 10.6 Å². The van der Waals surface area contributed by atoms with Crippen molar-refractivity contribution in [2.45, 2.75) is 19.4 Å². The third kappa shape index (κ3) is 5.28. The van der Waals surface area contributed by atoms with E-state index in [1.54, 1.807) is 6.08 Å². The van der Waals surface area contributed by atoms with Crippen LogP contribution < -0.4 is 5.32 Å². The second-order valence-corrected chi connectivity index (χ2v) is 6.77. The Bertz CT molecular complexity index is 745. The van der Waals surface area contributed by atoms with Crippen molar-refractivity contribution in [1.82, 2.24) is 10.3 Å². The summed E-state index contributed by atoms with van der Waals surface area (Å²) in [5, 5.41) is 5.23. The number of aromatic nitrogens is 1. The molecule has 1 aromatic heterocycles. The largest absolute Gasteiger partial charge is 0.452 e. The van der Waals surface area contributed by atoms with Crippen LogP contribution in [0.4, 0.5) is 0 Å². The van der Waals surface area contributed by atoms with Crippen LogP contribution in [0.3, 0.4) is 0 Å². The van der Waals surface area contributed by atoms with Gasteiger partial charge in [0.1, 0.15) is 5.01 Å². The lowest BCUT2D eigenvalue weighted by atomic mass is 10.2. The minimum Gasteiger partial charge on any atom is -0.452 e. The zero-order chi connectivity index (χ0) is 17.5. The van der Waals surface area contributed by atoms with E-state index in [1.807, 2.05) is 29.6 Å². The highest BCUT2D eigenvalue weighted by Gasteiger charge is 2.18. The molecule has 1 N–H and O–H groups in total. The second-order valence-electron chi connectivity index (χ2n) is 5.00. The first-order chi connectivity index (χ1) is 11.5. The predicted octanol–water partition coefficient (Wildman–Crippen LogP) is 3.35. The lowest BCUT2D eigenvalue weighted by Crippen LogP contribution is -2.36. The molecule has 1 amide bonds. The summed E-state index contributed by atoms with van der Waals surface area (Å²) >= 11 is 4.88. The molecule has 0 saturated heterocycles. The Morgan fingerprint density at radius 2 is 2.29 bits per heavy atom. The van der Waals surface area contributed by atoms with Crippen LogP contribution in [-0.2, 0) is 20.7 Å². The molecule has 5 nitrogen and oxygen atoms in total. The van der Waals surface area contributed by atoms with Gasteiger partial charge in [0.15, 0.2) is 6.10 Å². The molecule has 0 aliphatic heterocycles. The maximum Gasteiger partial charge on any atom is 0.312 e. The first-order valence-corrected chi connectivity index (χ1v) is 8.95. The predicted molar refractivity (Wildman–Crippen MR) is 97.7 cm³/mol. The van der Waals surface area contributed by atoms with Gasteiger partial charge in [-0.2, -0.15) is 0 Å². The van der Waals surface area contributed by atoms with E-state index in [0.29, 0.717) is 12.2 Å². The van der Waals surface area contributed by atoms with E-state index in [0.717, 1.165) is 15.0 Å². The second kappa shape index (κ2) is 8.75. The number of amides is 1. The number of halogens is 1. The molecule has 0 fully saturated rings. The van der Waals surface area contributed by atoms with Gasteiger partial charge in [-0.25, -0.2) is 4.98 Å². The number of hydrogen-bond acceptors (Lipinski definition) is 5. The molecule has 0 bridgehead atoms. The molecule has 0 aliphatic carbocycles. The number of rotatable bonds is 7. The molecule has 0 saturated carbocycles. The summed E-state index contributed by atoms with van der Waals surface area (Å²) in [6, 6.07) is 7.79. The van der Waals surface area contributed by atoms with Gasteiger partial charge in [0, 0.05) is 22.0 Å². The summed E-state index contributed by atoms with van der Waals surface area (Å²) in [5.74, 6) is -0.835. The number of benzene rings is 1. The molecule has 0 unspecified atom stereocenters. The Morgan fingerprint density at radius 3 is 3.00 bits per heavy atom. The molecular formula is C17H17BrN2O3S. The number of carbonyl (C=O) groups is 2. The van der Waals surface area contributed by atoms with E-state index in [2.05, 4.69) is 32.8 Å². The maximum absolute atomic E-state index is 11.9. The highest BCUT2D eigenvalue weighted by atomic mass is 79.9. The van der Waals surface area contributed by atoms with E-state index in [9.17, 15) is 9.59 Å². The van der Waals surface area contributed by atoms with Crippen LogP contribution in [0.5, 0.6) is 0 Å². The molecular weight excluding hydrogens is 392 g/mol. The molecule has 2 aromatic rings. The van der Waals surface area contributed by atoms with Gasteiger partial charge in [-0.15, -0.1) is 17.9 Å². The fraction of sp³-hybridized carbons (Fsp3) is 0.235. The van der Waals surface area contributed by atoms with Crippen molar-refractivity contribution in [1.29, 1.82) is 0 Å². The van der Waals surface area contributed by atoms with E-state index in [4.69, 9.17) is 4.74 Å². The average Bonchev–Trinajstić information content (AvgIpc) is 3.00. The molecule has 0 radical (unpaired) electrons. The SMILES string of the molecule is C=CCNC(=O)[C@H](C)OC(=O)Cc1csc(-c2cccc(Br)c2)n1. The Hall–Kier alpha value is -1.99. The number of hydrogen-bond donors (Lipinski definition) is 1. The Labute approximate surface area is 152 Å². The van der Waals surface area contributed by atoms with Crippen LogP contribution in [0.2, 0.25) is 0 Å². The number of ether oxygens (including phenoxy) is 1. The zero-order valence-corrected chi connectivity index (χ0v) is 15.5. The number of esters is 1. The van der Waals surface area contributed by atoms with Crippen molar-refractivity contribution < 1.29 is 14.3 Å². The van der Waals surface area contributed by atoms with Gasteiger partial charge < -0.3 is 10.1 Å². The van der Waals surface area contributed by atoms with Crippen LogP contribution in [0.1, 0.15) is 12.6 Å². The number of thiazole rings is 1. The Morgan fingerprint density at radius 1 is 1.50 bits per heavy atom. The molecule has 1 heterocycles. The van der Waals surface area contributed by atoms with Gasteiger partial charge in [-0.1, -0.05) is 34.1 Å². The molecule has 2 rings (SSSR count). The van der Waals surface area contributed by atoms with E-state index < -0.39 is 12.1 Å². The summed E-state index contributed by atoms with van der Waals surface area (Å²) in [4.78, 5) is 28.0. The van der Waals surface area contributed by atoms with Crippen molar-refractivity contribution in [3.05, 3.63) is 52.5 Å². The first kappa shape index (κ1) is 18.4. The standard InChI is InChI=1S/C17H17BrN2O3S/c1-3-7-19-16(22)11(2)23-15(21)9-14-10-24-17(20-14)12-5-4-6-13(18)8-12/h3-6,8,10-11H,1,7,9H2,2H3,(H,19,22)/t11-/m0/s1. The van der Waals surface area contributed by atoms with Gasteiger partial charge in [-0.05, 0) is 19.1 Å². The summed E-state index contributed by atoms with van der Waals surface area (Å²) in [6.07, 6.45) is 0.745. The normalized spacial score (nSPS) is 11.6. The molecule has 0 spiro atoms. The van der Waals surface area contributed by atoms with Crippen molar-refractivity contribution >= 4 is 39.1 Å². The van der Waals surface area contributed by atoms with Crippen molar-refractivity contribution in [2.24, 2.45) is 0 Å². The van der Waals surface area contributed by atoms with Gasteiger partial charge in [0.05, 0.1) is 12.1 Å². The third-order valence-electron chi connectivity index (χ3n) is 3.05. The average molecular weight is 409 g/mol. The molecule has 24 heavy (non-hydrogen) atoms. The summed E-state index contributed by atoms with van der Waals surface area (Å²) in [7, 11) is 0. The lowest BCUT2D eigenvalue weighted by molar-refractivity contribution is -0.154. The minimum atomic E-state index is -0.847. The van der Waals surface area contributed by atoms with E-state index in [1.165, 1.54) is 18.3 Å². The van der Waals surface area contributed by atoms with Crippen LogP contribution in [0, 0.1) is 0 Å². The Kier molecular flexibility index (Phi) is 6.69.